The fraction of sp³-hybridized carbons (Fsp3) is 0.250. The van der Waals surface area contributed by atoms with Crippen LogP contribution in [0.2, 0.25) is 0 Å². The number of benzene rings is 1. The summed E-state index contributed by atoms with van der Waals surface area (Å²) in [6, 6.07) is 3.38. The standard InChI is InChI=1S/C8H9BrO2S/c1-5-3-7(12(10)11)4-8(9)6(5)2/h3-4H,1-2H3,(H,10,11). The zero-order chi connectivity index (χ0) is 9.30. The summed E-state index contributed by atoms with van der Waals surface area (Å²) >= 11 is 1.43. The topological polar surface area (TPSA) is 37.3 Å². The molecule has 1 unspecified atom stereocenters. The van der Waals surface area contributed by atoms with Gasteiger partial charge in [0.05, 0.1) is 4.90 Å². The number of hydrogen-bond donors (Lipinski definition) is 1. The maximum Gasteiger partial charge on any atom is 0.186 e. The van der Waals surface area contributed by atoms with Gasteiger partial charge in [-0.15, -0.1) is 0 Å². The van der Waals surface area contributed by atoms with Gasteiger partial charge in [0.15, 0.2) is 11.1 Å². The minimum Gasteiger partial charge on any atom is -0.302 e. The van der Waals surface area contributed by atoms with Gasteiger partial charge in [0, 0.05) is 4.47 Å². The maximum absolute atomic E-state index is 10.7. The molecule has 0 aromatic heterocycles. The van der Waals surface area contributed by atoms with E-state index < -0.39 is 11.1 Å². The molecule has 1 aromatic rings. The van der Waals surface area contributed by atoms with Crippen LogP contribution in [0.1, 0.15) is 11.1 Å². The molecule has 0 saturated carbocycles. The van der Waals surface area contributed by atoms with E-state index in [1.54, 1.807) is 12.1 Å². The first kappa shape index (κ1) is 9.89. The zero-order valence-electron chi connectivity index (χ0n) is 6.80. The van der Waals surface area contributed by atoms with E-state index in [1.807, 2.05) is 13.8 Å². The van der Waals surface area contributed by atoms with Gasteiger partial charge < -0.3 is 4.55 Å². The van der Waals surface area contributed by atoms with Crippen molar-refractivity contribution in [2.24, 2.45) is 0 Å². The summed E-state index contributed by atoms with van der Waals surface area (Å²) in [5.74, 6) is 0. The van der Waals surface area contributed by atoms with Crippen molar-refractivity contribution < 1.29 is 8.76 Å². The van der Waals surface area contributed by atoms with Gasteiger partial charge in [-0.25, -0.2) is 4.21 Å². The molecule has 0 saturated heterocycles. The van der Waals surface area contributed by atoms with Crippen molar-refractivity contribution >= 4 is 27.0 Å². The first-order chi connectivity index (χ1) is 5.52. The summed E-state index contributed by atoms with van der Waals surface area (Å²) in [4.78, 5) is 0.435. The Hall–Kier alpha value is -0.190. The minimum absolute atomic E-state index is 0.435. The lowest BCUT2D eigenvalue weighted by molar-refractivity contribution is 0.564. The second-order valence-electron chi connectivity index (χ2n) is 2.60. The number of aryl methyl sites for hydroxylation is 1. The lowest BCUT2D eigenvalue weighted by Crippen LogP contribution is -1.91. The van der Waals surface area contributed by atoms with Crippen molar-refractivity contribution in [3.63, 3.8) is 0 Å². The number of rotatable bonds is 1. The van der Waals surface area contributed by atoms with Gasteiger partial charge in [-0.3, -0.25) is 0 Å². The second-order valence-corrected chi connectivity index (χ2v) is 4.42. The zero-order valence-corrected chi connectivity index (χ0v) is 9.20. The number of halogens is 1. The predicted octanol–water partition coefficient (Wildman–Crippen LogP) is 2.65. The van der Waals surface area contributed by atoms with Gasteiger partial charge in [0.1, 0.15) is 0 Å². The van der Waals surface area contributed by atoms with Gasteiger partial charge in [-0.1, -0.05) is 15.9 Å². The van der Waals surface area contributed by atoms with Crippen LogP contribution in [-0.4, -0.2) is 8.76 Å². The molecule has 0 aliphatic rings. The molecule has 0 aliphatic heterocycles. The molecular weight excluding hydrogens is 240 g/mol. The molecule has 1 atom stereocenters. The van der Waals surface area contributed by atoms with Gasteiger partial charge >= 0.3 is 0 Å². The molecule has 1 aromatic carbocycles. The first-order valence-electron chi connectivity index (χ1n) is 3.40. The van der Waals surface area contributed by atoms with E-state index >= 15 is 0 Å². The Bertz CT molecular complexity index is 313. The Morgan fingerprint density at radius 3 is 2.42 bits per heavy atom. The highest BCUT2D eigenvalue weighted by molar-refractivity contribution is 9.10. The molecule has 1 rings (SSSR count). The third kappa shape index (κ3) is 1.94. The summed E-state index contributed by atoms with van der Waals surface area (Å²) < 4.78 is 20.4. The van der Waals surface area contributed by atoms with Crippen LogP contribution in [0.5, 0.6) is 0 Å². The Balaban J connectivity index is 3.31. The average Bonchev–Trinajstić information content (AvgIpc) is 1.99. The first-order valence-corrected chi connectivity index (χ1v) is 5.30. The fourth-order valence-corrected chi connectivity index (χ4v) is 2.09. The summed E-state index contributed by atoms with van der Waals surface area (Å²) in [5.41, 5.74) is 2.12. The summed E-state index contributed by atoms with van der Waals surface area (Å²) in [6.07, 6.45) is 0. The van der Waals surface area contributed by atoms with Gasteiger partial charge in [0.2, 0.25) is 0 Å². The van der Waals surface area contributed by atoms with E-state index in [4.69, 9.17) is 4.55 Å². The lowest BCUT2D eigenvalue weighted by Gasteiger charge is -2.04. The quantitative estimate of drug-likeness (QED) is 0.777. The molecule has 0 fully saturated rings. The van der Waals surface area contributed by atoms with Crippen molar-refractivity contribution in [2.45, 2.75) is 18.7 Å². The smallest absolute Gasteiger partial charge is 0.186 e. The second kappa shape index (κ2) is 3.68. The van der Waals surface area contributed by atoms with Crippen LogP contribution < -0.4 is 0 Å². The van der Waals surface area contributed by atoms with E-state index in [0.29, 0.717) is 4.90 Å². The van der Waals surface area contributed by atoms with Crippen molar-refractivity contribution in [1.82, 2.24) is 0 Å². The molecular formula is C8H9BrO2S. The third-order valence-electron chi connectivity index (χ3n) is 1.78. The minimum atomic E-state index is -1.89. The van der Waals surface area contributed by atoms with E-state index in [2.05, 4.69) is 15.9 Å². The van der Waals surface area contributed by atoms with Gasteiger partial charge in [-0.05, 0) is 37.1 Å². The molecule has 0 spiro atoms. The van der Waals surface area contributed by atoms with Crippen LogP contribution in [0, 0.1) is 13.8 Å². The van der Waals surface area contributed by atoms with Crippen molar-refractivity contribution in [2.75, 3.05) is 0 Å². The third-order valence-corrected chi connectivity index (χ3v) is 3.24. The highest BCUT2D eigenvalue weighted by Crippen LogP contribution is 2.22. The SMILES string of the molecule is Cc1cc(S(=O)O)cc(Br)c1C. The molecule has 0 aliphatic carbocycles. The Kier molecular flexibility index (Phi) is 3.04. The summed E-state index contributed by atoms with van der Waals surface area (Å²) in [6.45, 7) is 3.87. The van der Waals surface area contributed by atoms with Crippen LogP contribution in [-0.2, 0) is 11.1 Å². The maximum atomic E-state index is 10.7. The normalized spacial score (nSPS) is 13.0. The highest BCUT2D eigenvalue weighted by atomic mass is 79.9. The summed E-state index contributed by atoms with van der Waals surface area (Å²) in [5, 5.41) is 0. The number of hydrogen-bond acceptors (Lipinski definition) is 1. The molecule has 0 bridgehead atoms. The Labute approximate surface area is 82.4 Å². The molecule has 1 N–H and O–H groups in total. The summed E-state index contributed by atoms with van der Waals surface area (Å²) in [7, 11) is 0. The average molecular weight is 249 g/mol. The monoisotopic (exact) mass is 248 g/mol. The molecule has 4 heteroatoms. The van der Waals surface area contributed by atoms with Gasteiger partial charge in [-0.2, -0.15) is 0 Å². The van der Waals surface area contributed by atoms with Crippen LogP contribution >= 0.6 is 15.9 Å². The van der Waals surface area contributed by atoms with Crippen LogP contribution in [0.3, 0.4) is 0 Å². The highest BCUT2D eigenvalue weighted by Gasteiger charge is 2.05. The van der Waals surface area contributed by atoms with Crippen molar-refractivity contribution in [3.8, 4) is 0 Å². The van der Waals surface area contributed by atoms with E-state index in [-0.39, 0.29) is 0 Å². The van der Waals surface area contributed by atoms with Crippen LogP contribution in [0.25, 0.3) is 0 Å². The van der Waals surface area contributed by atoms with Crippen LogP contribution in [0.4, 0.5) is 0 Å². The van der Waals surface area contributed by atoms with Crippen molar-refractivity contribution in [3.05, 3.63) is 27.7 Å². The van der Waals surface area contributed by atoms with E-state index in [0.717, 1.165) is 15.6 Å². The van der Waals surface area contributed by atoms with E-state index in [9.17, 15) is 4.21 Å². The molecule has 0 amide bonds. The molecule has 2 nitrogen and oxygen atoms in total. The predicted molar refractivity (Wildman–Crippen MR) is 52.7 cm³/mol. The van der Waals surface area contributed by atoms with Crippen LogP contribution in [0.15, 0.2) is 21.5 Å². The van der Waals surface area contributed by atoms with Gasteiger partial charge in [0.25, 0.3) is 0 Å². The van der Waals surface area contributed by atoms with E-state index in [1.165, 1.54) is 0 Å². The largest absolute Gasteiger partial charge is 0.302 e. The lowest BCUT2D eigenvalue weighted by atomic mass is 10.1. The Morgan fingerprint density at radius 1 is 1.42 bits per heavy atom. The molecule has 66 valence electrons. The molecule has 0 heterocycles. The fourth-order valence-electron chi connectivity index (χ4n) is 0.886. The molecule has 0 radical (unpaired) electrons. The Morgan fingerprint density at radius 2 is 2.00 bits per heavy atom. The van der Waals surface area contributed by atoms with Crippen molar-refractivity contribution in [1.29, 1.82) is 0 Å². The molecule has 12 heavy (non-hydrogen) atoms.